The number of thiazole rings is 1. The van der Waals surface area contributed by atoms with Gasteiger partial charge in [0, 0.05) is 38.0 Å². The first-order chi connectivity index (χ1) is 20.4. The molecule has 3 heterocycles. The molecule has 0 radical (unpaired) electrons. The minimum atomic E-state index is -4.80. The number of hydrogen-bond acceptors (Lipinski definition) is 12. The molecule has 4 atom stereocenters. The first-order valence-electron chi connectivity index (χ1n) is 13.3. The van der Waals surface area contributed by atoms with Gasteiger partial charge >= 0.3 is 6.36 Å². The smallest absolute Gasteiger partial charge is 0.406 e. The molecule has 1 unspecified atom stereocenters. The predicted octanol–water partition coefficient (Wildman–Crippen LogP) is 4.46. The summed E-state index contributed by atoms with van der Waals surface area (Å²) in [5.74, 6) is -0.524. The number of rotatable bonds is 10. The Morgan fingerprint density at radius 1 is 1.21 bits per heavy atom. The third-order valence-electron chi connectivity index (χ3n) is 7.20. The van der Waals surface area contributed by atoms with Crippen molar-refractivity contribution in [3.8, 4) is 22.4 Å². The van der Waals surface area contributed by atoms with Gasteiger partial charge in [0.2, 0.25) is 5.95 Å². The molecule has 0 aliphatic heterocycles. The number of aliphatic hydroxyl groups is 3. The van der Waals surface area contributed by atoms with E-state index in [0.29, 0.717) is 39.5 Å². The first kappa shape index (κ1) is 30.4. The zero-order valence-corrected chi connectivity index (χ0v) is 23.9. The van der Waals surface area contributed by atoms with Crippen molar-refractivity contribution in [2.75, 3.05) is 17.2 Å². The zero-order chi connectivity index (χ0) is 30.9. The minimum absolute atomic E-state index is 0.0702. The number of aliphatic hydroxyl groups excluding tert-OH is 2. The molecule has 0 saturated heterocycles. The molecule has 0 spiro atoms. The van der Waals surface area contributed by atoms with Crippen LogP contribution in [0, 0.1) is 24.2 Å². The van der Waals surface area contributed by atoms with Crippen LogP contribution >= 0.6 is 11.3 Å². The summed E-state index contributed by atoms with van der Waals surface area (Å²) in [6.45, 7) is 3.21. The van der Waals surface area contributed by atoms with E-state index >= 15 is 0 Å². The molecule has 226 valence electrons. The molecule has 4 aromatic rings. The Morgan fingerprint density at radius 3 is 2.60 bits per heavy atom. The van der Waals surface area contributed by atoms with Crippen LogP contribution in [0.15, 0.2) is 36.5 Å². The van der Waals surface area contributed by atoms with E-state index < -0.39 is 30.2 Å². The van der Waals surface area contributed by atoms with Gasteiger partial charge in [-0.3, -0.25) is 4.98 Å². The fourth-order valence-electron chi connectivity index (χ4n) is 4.95. The van der Waals surface area contributed by atoms with Gasteiger partial charge in [0.1, 0.15) is 28.2 Å². The van der Waals surface area contributed by atoms with E-state index in [0.717, 1.165) is 4.70 Å². The molecule has 1 aliphatic carbocycles. The highest BCUT2D eigenvalue weighted by molar-refractivity contribution is 7.21. The largest absolute Gasteiger partial charge is 0.573 e. The number of ether oxygens (including phenoxy) is 1. The van der Waals surface area contributed by atoms with Gasteiger partial charge in [-0.25, -0.2) is 9.97 Å². The summed E-state index contributed by atoms with van der Waals surface area (Å²) >= 11 is 1.36. The molecule has 0 bridgehead atoms. The number of fused-ring (bicyclic) bond motifs is 1. The van der Waals surface area contributed by atoms with Crippen molar-refractivity contribution in [3.63, 3.8) is 0 Å². The van der Waals surface area contributed by atoms with E-state index in [-0.39, 0.29) is 37.0 Å². The standard InChI is InChI=1S/C28H28F3N7O4S/c1-14(16-5-7-18(8-6-16)42-28(29,30)31)34-26-35-15(2)21(24(37-26)38-27(41)12-17(13-39)23(27)40)25-36-22-19(4-3-10-32)33-11-9-20(22)43-25/h5-9,11,14,17,23,39-41H,3-4,12-13H2,1-2H3,(H2,34,35,37,38)/t14-,17-,23?,27+/m1/s1. The number of halogens is 3. The lowest BCUT2D eigenvalue weighted by Crippen LogP contribution is -2.64. The number of aromatic nitrogens is 4. The molecular weight excluding hydrogens is 587 g/mol. The third-order valence-corrected chi connectivity index (χ3v) is 8.24. The minimum Gasteiger partial charge on any atom is -0.406 e. The molecule has 5 rings (SSSR count). The van der Waals surface area contributed by atoms with Crippen molar-refractivity contribution in [1.29, 1.82) is 5.26 Å². The van der Waals surface area contributed by atoms with Crippen LogP contribution in [0.1, 0.15) is 42.8 Å². The van der Waals surface area contributed by atoms with Gasteiger partial charge in [-0.05, 0) is 37.6 Å². The Morgan fingerprint density at radius 2 is 1.95 bits per heavy atom. The number of hydrogen-bond donors (Lipinski definition) is 5. The number of aryl methyl sites for hydroxylation is 2. The maximum absolute atomic E-state index is 12.5. The number of benzene rings is 1. The second kappa shape index (κ2) is 11.9. The molecule has 5 N–H and O–H groups in total. The summed E-state index contributed by atoms with van der Waals surface area (Å²) in [4.78, 5) is 18.4. The Hall–Kier alpha value is -4.10. The highest BCUT2D eigenvalue weighted by atomic mass is 32.1. The lowest BCUT2D eigenvalue weighted by molar-refractivity contribution is -0.274. The van der Waals surface area contributed by atoms with Crippen LogP contribution in [0.5, 0.6) is 5.75 Å². The van der Waals surface area contributed by atoms with Crippen LogP contribution in [0.4, 0.5) is 24.9 Å². The Bertz CT molecular complexity index is 1660. The van der Waals surface area contributed by atoms with Crippen LogP contribution in [-0.4, -0.2) is 60.1 Å². The van der Waals surface area contributed by atoms with E-state index in [1.54, 1.807) is 20.0 Å². The maximum Gasteiger partial charge on any atom is 0.573 e. The van der Waals surface area contributed by atoms with Crippen LogP contribution < -0.4 is 15.4 Å². The summed E-state index contributed by atoms with van der Waals surface area (Å²) in [6.07, 6.45) is -3.63. The number of nitrogens with one attached hydrogen (secondary N) is 2. The van der Waals surface area contributed by atoms with E-state index in [1.807, 2.05) is 6.07 Å². The molecule has 43 heavy (non-hydrogen) atoms. The topological polar surface area (TPSA) is 169 Å². The molecule has 1 saturated carbocycles. The molecule has 1 aliphatic rings. The molecule has 3 aromatic heterocycles. The summed E-state index contributed by atoms with van der Waals surface area (Å²) < 4.78 is 42.4. The molecular formula is C28H28F3N7O4S. The molecule has 15 heteroatoms. The summed E-state index contributed by atoms with van der Waals surface area (Å²) in [5.41, 5.74) is 1.15. The second-order valence-electron chi connectivity index (χ2n) is 10.3. The normalized spacial score (nSPS) is 20.7. The Kier molecular flexibility index (Phi) is 8.39. The van der Waals surface area contributed by atoms with Crippen molar-refractivity contribution in [1.82, 2.24) is 19.9 Å². The van der Waals surface area contributed by atoms with Crippen LogP contribution in [0.3, 0.4) is 0 Å². The van der Waals surface area contributed by atoms with E-state index in [2.05, 4.69) is 36.4 Å². The third kappa shape index (κ3) is 6.47. The van der Waals surface area contributed by atoms with Crippen molar-refractivity contribution >= 4 is 33.3 Å². The van der Waals surface area contributed by atoms with Gasteiger partial charge in [-0.15, -0.1) is 24.5 Å². The Balaban J connectivity index is 1.49. The van der Waals surface area contributed by atoms with Gasteiger partial charge in [0.15, 0.2) is 5.72 Å². The molecule has 11 nitrogen and oxygen atoms in total. The average molecular weight is 616 g/mol. The van der Waals surface area contributed by atoms with Gasteiger partial charge < -0.3 is 30.7 Å². The highest BCUT2D eigenvalue weighted by Gasteiger charge is 2.52. The molecule has 1 aromatic carbocycles. The van der Waals surface area contributed by atoms with Crippen LogP contribution in [-0.2, 0) is 6.42 Å². The van der Waals surface area contributed by atoms with Crippen molar-refractivity contribution in [3.05, 3.63) is 53.5 Å². The number of anilines is 2. The number of pyridine rings is 1. The van der Waals surface area contributed by atoms with Crippen LogP contribution in [0.25, 0.3) is 20.8 Å². The second-order valence-corrected chi connectivity index (χ2v) is 11.3. The summed E-state index contributed by atoms with van der Waals surface area (Å²) in [5, 5.41) is 46.8. The van der Waals surface area contributed by atoms with Gasteiger partial charge in [0.25, 0.3) is 0 Å². The van der Waals surface area contributed by atoms with Crippen molar-refractivity contribution < 1.29 is 33.2 Å². The average Bonchev–Trinajstić information content (AvgIpc) is 3.38. The molecule has 1 fully saturated rings. The monoisotopic (exact) mass is 615 g/mol. The lowest BCUT2D eigenvalue weighted by Gasteiger charge is -2.48. The fourth-order valence-corrected chi connectivity index (χ4v) is 6.03. The first-order valence-corrected chi connectivity index (χ1v) is 14.1. The fraction of sp³-hybridized carbons (Fsp3) is 0.393. The Labute approximate surface area is 248 Å². The zero-order valence-electron chi connectivity index (χ0n) is 23.1. The quantitative estimate of drug-likeness (QED) is 0.160. The summed E-state index contributed by atoms with van der Waals surface area (Å²) in [6, 6.07) is 8.88. The number of nitrogens with zero attached hydrogens (tertiary/aromatic N) is 5. The van der Waals surface area contributed by atoms with Crippen LogP contribution in [0.2, 0.25) is 0 Å². The SMILES string of the molecule is Cc1nc(N[C@H](C)c2ccc(OC(F)(F)F)cc2)nc(N[C@]2(O)C[C@H](CO)C2O)c1-c1nc2c(CCC#N)nccc2s1. The lowest BCUT2D eigenvalue weighted by atomic mass is 9.74. The number of alkyl halides is 3. The number of nitriles is 1. The predicted molar refractivity (Wildman–Crippen MR) is 152 cm³/mol. The van der Waals surface area contributed by atoms with Gasteiger partial charge in [-0.1, -0.05) is 12.1 Å². The maximum atomic E-state index is 12.5. The van der Waals surface area contributed by atoms with Crippen molar-refractivity contribution in [2.45, 2.75) is 57.3 Å². The highest BCUT2D eigenvalue weighted by Crippen LogP contribution is 2.42. The van der Waals surface area contributed by atoms with Crippen molar-refractivity contribution in [2.24, 2.45) is 5.92 Å². The van der Waals surface area contributed by atoms with Gasteiger partial charge in [0.05, 0.1) is 33.8 Å². The van der Waals surface area contributed by atoms with Gasteiger partial charge in [-0.2, -0.15) is 10.2 Å². The molecule has 0 amide bonds. The summed E-state index contributed by atoms with van der Waals surface area (Å²) in [7, 11) is 0. The van der Waals surface area contributed by atoms with E-state index in [1.165, 1.54) is 35.6 Å². The van der Waals surface area contributed by atoms with E-state index in [9.17, 15) is 28.5 Å². The van der Waals surface area contributed by atoms with E-state index in [4.69, 9.17) is 10.2 Å².